The number of ether oxygens (including phenoxy) is 2. The molecule has 1 saturated carbocycles. The Labute approximate surface area is 155 Å². The van der Waals surface area contributed by atoms with Gasteiger partial charge in [-0.25, -0.2) is 0 Å². The van der Waals surface area contributed by atoms with Crippen molar-refractivity contribution in [3.8, 4) is 11.5 Å². The van der Waals surface area contributed by atoms with Crippen molar-refractivity contribution in [2.24, 2.45) is 17.8 Å². The molecule has 1 amide bonds. The number of nitrogens with zero attached hydrogens (tertiary/aromatic N) is 2. The number of fused-ring (bicyclic) bond motifs is 2. The van der Waals surface area contributed by atoms with E-state index in [0.29, 0.717) is 17.1 Å². The van der Waals surface area contributed by atoms with Gasteiger partial charge >= 0.3 is 0 Å². The highest BCUT2D eigenvalue weighted by molar-refractivity contribution is 5.95. The van der Waals surface area contributed by atoms with Crippen LogP contribution in [0.2, 0.25) is 0 Å². The molecule has 1 heterocycles. The summed E-state index contributed by atoms with van der Waals surface area (Å²) in [6, 6.07) is 5.39. The topological polar surface area (TPSA) is 42.0 Å². The zero-order valence-electron chi connectivity index (χ0n) is 15.7. The van der Waals surface area contributed by atoms with E-state index >= 15 is 0 Å². The summed E-state index contributed by atoms with van der Waals surface area (Å²) >= 11 is 0. The van der Waals surface area contributed by atoms with Crippen LogP contribution in [0.3, 0.4) is 0 Å². The fourth-order valence-corrected chi connectivity index (χ4v) is 4.72. The molecule has 140 valence electrons. The van der Waals surface area contributed by atoms with Gasteiger partial charge in [0, 0.05) is 38.3 Å². The molecule has 1 aromatic rings. The highest BCUT2D eigenvalue weighted by Crippen LogP contribution is 2.43. The number of benzene rings is 1. The van der Waals surface area contributed by atoms with Crippen molar-refractivity contribution in [2.75, 3.05) is 46.9 Å². The van der Waals surface area contributed by atoms with E-state index in [2.05, 4.69) is 17.1 Å². The molecule has 0 spiro atoms. The molecule has 1 aromatic carbocycles. The van der Waals surface area contributed by atoms with Crippen LogP contribution >= 0.6 is 0 Å². The molecule has 4 rings (SSSR count). The van der Waals surface area contributed by atoms with Gasteiger partial charge in [-0.3, -0.25) is 9.69 Å². The van der Waals surface area contributed by atoms with E-state index in [0.717, 1.165) is 43.9 Å². The predicted molar refractivity (Wildman–Crippen MR) is 101 cm³/mol. The number of rotatable bonds is 5. The minimum absolute atomic E-state index is 0.0773. The van der Waals surface area contributed by atoms with Gasteiger partial charge in [0.2, 0.25) is 0 Å². The van der Waals surface area contributed by atoms with Crippen LogP contribution in [0, 0.1) is 17.8 Å². The first-order valence-electron chi connectivity index (χ1n) is 9.60. The third-order valence-electron chi connectivity index (χ3n) is 6.20. The van der Waals surface area contributed by atoms with Crippen LogP contribution in [0.25, 0.3) is 0 Å². The first kappa shape index (κ1) is 17.4. The van der Waals surface area contributed by atoms with Gasteiger partial charge in [0.15, 0.2) is 11.5 Å². The fourth-order valence-electron chi connectivity index (χ4n) is 4.72. The van der Waals surface area contributed by atoms with Crippen LogP contribution in [-0.2, 0) is 0 Å². The average Bonchev–Trinajstić information content (AvgIpc) is 3.30. The highest BCUT2D eigenvalue weighted by Gasteiger charge is 2.36. The maximum atomic E-state index is 12.8. The summed E-state index contributed by atoms with van der Waals surface area (Å²) in [6.07, 6.45) is 7.55. The third-order valence-corrected chi connectivity index (χ3v) is 6.20. The van der Waals surface area contributed by atoms with Crippen LogP contribution < -0.4 is 9.47 Å². The second kappa shape index (κ2) is 7.31. The van der Waals surface area contributed by atoms with Gasteiger partial charge in [-0.15, -0.1) is 0 Å². The maximum absolute atomic E-state index is 12.8. The van der Waals surface area contributed by atoms with Crippen molar-refractivity contribution in [3.63, 3.8) is 0 Å². The second-order valence-corrected chi connectivity index (χ2v) is 7.70. The maximum Gasteiger partial charge on any atom is 0.254 e. The molecule has 0 N–H and O–H groups in total. The van der Waals surface area contributed by atoms with Crippen LogP contribution in [0.15, 0.2) is 30.4 Å². The lowest BCUT2D eigenvalue weighted by Crippen LogP contribution is -2.50. The van der Waals surface area contributed by atoms with Gasteiger partial charge < -0.3 is 14.4 Å². The molecule has 3 atom stereocenters. The zero-order valence-corrected chi connectivity index (χ0v) is 15.7. The lowest BCUT2D eigenvalue weighted by atomic mass is 9.93. The number of piperazine rings is 1. The van der Waals surface area contributed by atoms with E-state index < -0.39 is 0 Å². The van der Waals surface area contributed by atoms with Crippen molar-refractivity contribution in [3.05, 3.63) is 35.9 Å². The summed E-state index contributed by atoms with van der Waals surface area (Å²) in [7, 11) is 3.19. The summed E-state index contributed by atoms with van der Waals surface area (Å²) < 4.78 is 10.6. The van der Waals surface area contributed by atoms with E-state index in [1.54, 1.807) is 26.4 Å². The van der Waals surface area contributed by atoms with E-state index in [9.17, 15) is 4.79 Å². The van der Waals surface area contributed by atoms with E-state index in [-0.39, 0.29) is 5.91 Å². The molecule has 2 bridgehead atoms. The Morgan fingerprint density at radius 3 is 2.42 bits per heavy atom. The molecule has 3 aliphatic rings. The predicted octanol–water partition coefficient (Wildman–Crippen LogP) is 2.67. The van der Waals surface area contributed by atoms with E-state index in [1.807, 2.05) is 11.0 Å². The van der Waals surface area contributed by atoms with E-state index in [1.165, 1.54) is 19.4 Å². The summed E-state index contributed by atoms with van der Waals surface area (Å²) in [5, 5.41) is 0. The van der Waals surface area contributed by atoms with Gasteiger partial charge in [0.1, 0.15) is 0 Å². The van der Waals surface area contributed by atoms with Crippen molar-refractivity contribution >= 4 is 5.91 Å². The fraction of sp³-hybridized carbons (Fsp3) is 0.571. The monoisotopic (exact) mass is 356 g/mol. The Bertz CT molecular complexity index is 694. The molecule has 0 radical (unpaired) electrons. The summed E-state index contributed by atoms with van der Waals surface area (Å²) in [5.41, 5.74) is 0.661. The number of hydrogen-bond acceptors (Lipinski definition) is 4. The average molecular weight is 356 g/mol. The standard InChI is InChI=1S/C21H28N2O3/c1-25-19-6-5-17(13-20(19)26-2)21(24)23-9-7-22(8-10-23)14-18-12-15-3-4-16(18)11-15/h3-6,13,15-16,18H,7-12,14H2,1-2H3/t15-,16-,18-/m0/s1. The minimum Gasteiger partial charge on any atom is -0.493 e. The lowest BCUT2D eigenvalue weighted by Gasteiger charge is -2.37. The minimum atomic E-state index is 0.0773. The Morgan fingerprint density at radius 2 is 1.81 bits per heavy atom. The Hall–Kier alpha value is -2.01. The number of amides is 1. The first-order valence-corrected chi connectivity index (χ1v) is 9.60. The van der Waals surface area contributed by atoms with Crippen molar-refractivity contribution in [1.29, 1.82) is 0 Å². The van der Waals surface area contributed by atoms with Crippen molar-refractivity contribution in [2.45, 2.75) is 12.8 Å². The normalized spacial score (nSPS) is 27.8. The summed E-state index contributed by atoms with van der Waals surface area (Å²) in [6.45, 7) is 4.71. The van der Waals surface area contributed by atoms with Gasteiger partial charge in [-0.2, -0.15) is 0 Å². The first-order chi connectivity index (χ1) is 12.7. The molecule has 5 heteroatoms. The van der Waals surface area contributed by atoms with Gasteiger partial charge in [0.25, 0.3) is 5.91 Å². The summed E-state index contributed by atoms with van der Waals surface area (Å²) in [5.74, 6) is 3.77. The second-order valence-electron chi connectivity index (χ2n) is 7.70. The van der Waals surface area contributed by atoms with Crippen molar-refractivity contribution < 1.29 is 14.3 Å². The Morgan fingerprint density at radius 1 is 1.04 bits per heavy atom. The number of carbonyl (C=O) groups is 1. The number of methoxy groups -OCH3 is 2. The Kier molecular flexibility index (Phi) is 4.90. The smallest absolute Gasteiger partial charge is 0.254 e. The molecular formula is C21H28N2O3. The summed E-state index contributed by atoms with van der Waals surface area (Å²) in [4.78, 5) is 17.3. The highest BCUT2D eigenvalue weighted by atomic mass is 16.5. The molecule has 0 aromatic heterocycles. The molecule has 1 aliphatic heterocycles. The lowest BCUT2D eigenvalue weighted by molar-refractivity contribution is 0.0610. The molecule has 2 aliphatic carbocycles. The molecular weight excluding hydrogens is 328 g/mol. The molecule has 1 saturated heterocycles. The molecule has 0 unspecified atom stereocenters. The number of hydrogen-bond donors (Lipinski definition) is 0. The van der Waals surface area contributed by atoms with Crippen LogP contribution in [0.1, 0.15) is 23.2 Å². The molecule has 5 nitrogen and oxygen atoms in total. The number of allylic oxidation sites excluding steroid dienone is 2. The number of carbonyl (C=O) groups excluding carboxylic acids is 1. The van der Waals surface area contributed by atoms with Crippen LogP contribution in [0.5, 0.6) is 11.5 Å². The van der Waals surface area contributed by atoms with Crippen LogP contribution in [-0.4, -0.2) is 62.7 Å². The molecule has 26 heavy (non-hydrogen) atoms. The largest absolute Gasteiger partial charge is 0.493 e. The quantitative estimate of drug-likeness (QED) is 0.761. The SMILES string of the molecule is COc1ccc(C(=O)N2CCN(C[C@@H]3C[C@H]4C=C[C@H]3C4)CC2)cc1OC. The zero-order chi connectivity index (χ0) is 18.1. The van der Waals surface area contributed by atoms with E-state index in [4.69, 9.17) is 9.47 Å². The van der Waals surface area contributed by atoms with Crippen LogP contribution in [0.4, 0.5) is 0 Å². The van der Waals surface area contributed by atoms with Gasteiger partial charge in [-0.05, 0) is 48.8 Å². The van der Waals surface area contributed by atoms with Gasteiger partial charge in [-0.1, -0.05) is 12.2 Å². The molecule has 2 fully saturated rings. The van der Waals surface area contributed by atoms with Crippen molar-refractivity contribution in [1.82, 2.24) is 9.80 Å². The third kappa shape index (κ3) is 3.32. The van der Waals surface area contributed by atoms with Gasteiger partial charge in [0.05, 0.1) is 14.2 Å². The Balaban J connectivity index is 1.33.